The van der Waals surface area contributed by atoms with Crippen molar-refractivity contribution >= 4 is 15.7 Å². The molecule has 0 fully saturated rings. The fourth-order valence-corrected chi connectivity index (χ4v) is 2.89. The summed E-state index contributed by atoms with van der Waals surface area (Å²) in [5, 5.41) is 3.22. The van der Waals surface area contributed by atoms with E-state index in [0.29, 0.717) is 18.0 Å². The fraction of sp³-hybridized carbons (Fsp3) is 0.600. The lowest BCUT2D eigenvalue weighted by Crippen LogP contribution is -2.30. The van der Waals surface area contributed by atoms with E-state index < -0.39 is 10.0 Å². The molecule has 0 radical (unpaired) electrons. The van der Waals surface area contributed by atoms with Crippen molar-refractivity contribution in [3.63, 3.8) is 0 Å². The van der Waals surface area contributed by atoms with Crippen LogP contribution in [0, 0.1) is 0 Å². The standard InChI is InChI=1S/C15H26N2O3S/c1-5-10-16-14-6-8-15(9-7-14)21(18,19)17(4)11-12-20-13(2)3/h6-9,13,16H,5,10-12H2,1-4H3. The molecule has 0 spiro atoms. The molecule has 0 saturated carbocycles. The Bertz CT molecular complexity index is 512. The van der Waals surface area contributed by atoms with E-state index in [0.717, 1.165) is 18.7 Å². The summed E-state index contributed by atoms with van der Waals surface area (Å²) in [6.45, 7) is 7.55. The molecule has 6 heteroatoms. The van der Waals surface area contributed by atoms with E-state index in [9.17, 15) is 8.42 Å². The van der Waals surface area contributed by atoms with Crippen molar-refractivity contribution in [3.05, 3.63) is 24.3 Å². The molecule has 0 atom stereocenters. The Balaban J connectivity index is 2.68. The van der Waals surface area contributed by atoms with Crippen LogP contribution in [0.2, 0.25) is 0 Å². The Labute approximate surface area is 128 Å². The minimum Gasteiger partial charge on any atom is -0.385 e. The Morgan fingerprint density at radius 1 is 1.24 bits per heavy atom. The molecule has 0 aromatic heterocycles. The van der Waals surface area contributed by atoms with Gasteiger partial charge in [-0.3, -0.25) is 0 Å². The molecule has 5 nitrogen and oxygen atoms in total. The first kappa shape index (κ1) is 17.9. The van der Waals surface area contributed by atoms with Gasteiger partial charge in [0, 0.05) is 25.8 Å². The second-order valence-corrected chi connectivity index (χ2v) is 7.24. The quantitative estimate of drug-likeness (QED) is 0.761. The summed E-state index contributed by atoms with van der Waals surface area (Å²) < 4.78 is 31.5. The largest absolute Gasteiger partial charge is 0.385 e. The van der Waals surface area contributed by atoms with Crippen molar-refractivity contribution in [2.24, 2.45) is 0 Å². The van der Waals surface area contributed by atoms with E-state index in [4.69, 9.17) is 4.74 Å². The number of anilines is 1. The summed E-state index contributed by atoms with van der Waals surface area (Å²) in [5.74, 6) is 0. The highest BCUT2D eigenvalue weighted by Crippen LogP contribution is 2.17. The monoisotopic (exact) mass is 314 g/mol. The molecule has 0 aliphatic carbocycles. The van der Waals surface area contributed by atoms with E-state index in [2.05, 4.69) is 12.2 Å². The van der Waals surface area contributed by atoms with Crippen LogP contribution in [0.1, 0.15) is 27.2 Å². The molecule has 1 N–H and O–H groups in total. The normalized spacial score (nSPS) is 12.1. The van der Waals surface area contributed by atoms with Gasteiger partial charge in [0.2, 0.25) is 10.0 Å². The van der Waals surface area contributed by atoms with Crippen LogP contribution in [0.5, 0.6) is 0 Å². The molecule has 0 aliphatic rings. The van der Waals surface area contributed by atoms with Crippen LogP contribution < -0.4 is 5.32 Å². The van der Waals surface area contributed by atoms with Crippen molar-refractivity contribution in [2.45, 2.75) is 38.2 Å². The van der Waals surface area contributed by atoms with Gasteiger partial charge in [-0.2, -0.15) is 4.31 Å². The summed E-state index contributed by atoms with van der Waals surface area (Å²) in [4.78, 5) is 0.302. The second kappa shape index (κ2) is 8.36. The molecule has 1 rings (SSSR count). The lowest BCUT2D eigenvalue weighted by Gasteiger charge is -2.18. The Kier molecular flexibility index (Phi) is 7.14. The molecular formula is C15H26N2O3S. The highest BCUT2D eigenvalue weighted by Gasteiger charge is 2.20. The topological polar surface area (TPSA) is 58.6 Å². The zero-order chi connectivity index (χ0) is 15.9. The van der Waals surface area contributed by atoms with E-state index >= 15 is 0 Å². The first-order valence-electron chi connectivity index (χ1n) is 7.29. The van der Waals surface area contributed by atoms with Gasteiger partial charge < -0.3 is 10.1 Å². The van der Waals surface area contributed by atoms with Crippen LogP contribution in [0.3, 0.4) is 0 Å². The zero-order valence-corrected chi connectivity index (χ0v) is 14.1. The number of hydrogen-bond acceptors (Lipinski definition) is 4. The van der Waals surface area contributed by atoms with E-state index in [1.165, 1.54) is 4.31 Å². The van der Waals surface area contributed by atoms with E-state index in [1.54, 1.807) is 31.3 Å². The number of sulfonamides is 1. The number of nitrogens with zero attached hydrogens (tertiary/aromatic N) is 1. The Morgan fingerprint density at radius 2 is 1.86 bits per heavy atom. The lowest BCUT2D eigenvalue weighted by molar-refractivity contribution is 0.0737. The van der Waals surface area contributed by atoms with Crippen LogP contribution in [0.15, 0.2) is 29.2 Å². The molecule has 21 heavy (non-hydrogen) atoms. The van der Waals surface area contributed by atoms with Gasteiger partial charge in [-0.1, -0.05) is 6.92 Å². The third-order valence-corrected chi connectivity index (χ3v) is 4.87. The fourth-order valence-electron chi connectivity index (χ4n) is 1.73. The predicted molar refractivity (Wildman–Crippen MR) is 86.1 cm³/mol. The highest BCUT2D eigenvalue weighted by molar-refractivity contribution is 7.89. The zero-order valence-electron chi connectivity index (χ0n) is 13.3. The molecule has 120 valence electrons. The first-order valence-corrected chi connectivity index (χ1v) is 8.73. The van der Waals surface area contributed by atoms with E-state index in [1.807, 2.05) is 13.8 Å². The maximum atomic E-state index is 12.4. The van der Waals surface area contributed by atoms with Crippen molar-refractivity contribution in [2.75, 3.05) is 32.1 Å². The van der Waals surface area contributed by atoms with Gasteiger partial charge in [0.15, 0.2) is 0 Å². The van der Waals surface area contributed by atoms with Gasteiger partial charge in [0.05, 0.1) is 17.6 Å². The van der Waals surface area contributed by atoms with Crippen LogP contribution in [-0.2, 0) is 14.8 Å². The van der Waals surface area contributed by atoms with Gasteiger partial charge in [-0.05, 0) is 44.5 Å². The van der Waals surface area contributed by atoms with Crippen LogP contribution in [0.4, 0.5) is 5.69 Å². The van der Waals surface area contributed by atoms with Crippen LogP contribution >= 0.6 is 0 Å². The number of likely N-dealkylation sites (N-methyl/N-ethyl adjacent to an activating group) is 1. The predicted octanol–water partition coefficient (Wildman–Crippen LogP) is 2.55. The average Bonchev–Trinajstić information content (AvgIpc) is 2.45. The average molecular weight is 314 g/mol. The number of hydrogen-bond donors (Lipinski definition) is 1. The smallest absolute Gasteiger partial charge is 0.242 e. The molecular weight excluding hydrogens is 288 g/mol. The SMILES string of the molecule is CCCNc1ccc(S(=O)(=O)N(C)CCOC(C)C)cc1. The third kappa shape index (κ3) is 5.65. The maximum Gasteiger partial charge on any atom is 0.242 e. The third-order valence-electron chi connectivity index (χ3n) is 3.00. The molecule has 0 unspecified atom stereocenters. The first-order chi connectivity index (χ1) is 9.87. The van der Waals surface area contributed by atoms with Crippen molar-refractivity contribution < 1.29 is 13.2 Å². The van der Waals surface area contributed by atoms with Crippen molar-refractivity contribution in [1.29, 1.82) is 0 Å². The van der Waals surface area contributed by atoms with Gasteiger partial charge in [-0.25, -0.2) is 8.42 Å². The van der Waals surface area contributed by atoms with Crippen molar-refractivity contribution in [1.82, 2.24) is 4.31 Å². The van der Waals surface area contributed by atoms with Crippen molar-refractivity contribution in [3.8, 4) is 0 Å². The Morgan fingerprint density at radius 3 is 2.38 bits per heavy atom. The second-order valence-electron chi connectivity index (χ2n) is 5.20. The van der Waals surface area contributed by atoms with Gasteiger partial charge in [0.1, 0.15) is 0 Å². The number of rotatable bonds is 9. The summed E-state index contributed by atoms with van der Waals surface area (Å²) in [6, 6.07) is 6.85. The maximum absolute atomic E-state index is 12.4. The minimum atomic E-state index is -3.45. The van der Waals surface area contributed by atoms with E-state index in [-0.39, 0.29) is 6.10 Å². The molecule has 0 bridgehead atoms. The summed E-state index contributed by atoms with van der Waals surface area (Å²) in [6.07, 6.45) is 1.13. The number of benzene rings is 1. The molecule has 0 saturated heterocycles. The van der Waals surface area contributed by atoms with Gasteiger partial charge in [-0.15, -0.1) is 0 Å². The molecule has 1 aromatic carbocycles. The number of nitrogens with one attached hydrogen (secondary N) is 1. The van der Waals surface area contributed by atoms with Crippen LogP contribution in [0.25, 0.3) is 0 Å². The minimum absolute atomic E-state index is 0.102. The molecule has 0 heterocycles. The molecule has 1 aromatic rings. The lowest BCUT2D eigenvalue weighted by atomic mass is 10.3. The van der Waals surface area contributed by atoms with Crippen LogP contribution in [-0.4, -0.2) is 45.6 Å². The molecule has 0 aliphatic heterocycles. The van der Waals surface area contributed by atoms with Gasteiger partial charge in [0.25, 0.3) is 0 Å². The summed E-state index contributed by atoms with van der Waals surface area (Å²) >= 11 is 0. The summed E-state index contributed by atoms with van der Waals surface area (Å²) in [5.41, 5.74) is 0.932. The highest BCUT2D eigenvalue weighted by atomic mass is 32.2. The Hall–Kier alpha value is -1.11. The number of ether oxygens (including phenoxy) is 1. The van der Waals surface area contributed by atoms with Gasteiger partial charge >= 0.3 is 0 Å². The summed E-state index contributed by atoms with van der Waals surface area (Å²) in [7, 11) is -1.88. The molecule has 0 amide bonds.